The predicted molar refractivity (Wildman–Crippen MR) is 80.9 cm³/mol. The van der Waals surface area contributed by atoms with E-state index in [1.165, 1.54) is 18.3 Å². The third-order valence-electron chi connectivity index (χ3n) is 2.68. The Morgan fingerprint density at radius 2 is 1.86 bits per heavy atom. The maximum atomic E-state index is 12.0. The van der Waals surface area contributed by atoms with Crippen LogP contribution in [0.2, 0.25) is 5.02 Å². The first kappa shape index (κ1) is 15.5. The molecule has 0 aliphatic carbocycles. The zero-order valence-electron chi connectivity index (χ0n) is 11.4. The molecule has 1 aromatic carbocycles. The Kier molecular flexibility index (Phi) is 4.59. The first-order valence-electron chi connectivity index (χ1n) is 6.05. The van der Waals surface area contributed by atoms with E-state index in [9.17, 15) is 8.42 Å². The van der Waals surface area contributed by atoms with Gasteiger partial charge in [-0.15, -0.1) is 0 Å². The van der Waals surface area contributed by atoms with E-state index in [-0.39, 0.29) is 4.90 Å². The summed E-state index contributed by atoms with van der Waals surface area (Å²) in [7, 11) is -3.93. The number of halogens is 1. The minimum Gasteiger partial charge on any atom is -0.264 e. The summed E-state index contributed by atoms with van der Waals surface area (Å²) in [5.41, 5.74) is 1.78. The number of oxime groups is 1. The molecular weight excluding hydrogens is 312 g/mol. The van der Waals surface area contributed by atoms with E-state index >= 15 is 0 Å². The summed E-state index contributed by atoms with van der Waals surface area (Å²) in [6, 6.07) is 9.58. The quantitative estimate of drug-likeness (QED) is 0.640. The molecule has 0 fully saturated rings. The molecule has 7 heteroatoms. The van der Waals surface area contributed by atoms with Crippen molar-refractivity contribution < 1.29 is 12.7 Å². The van der Waals surface area contributed by atoms with Crippen LogP contribution in [-0.4, -0.2) is 19.1 Å². The molecule has 0 bridgehead atoms. The summed E-state index contributed by atoms with van der Waals surface area (Å²) in [5, 5.41) is 4.10. The average Bonchev–Trinajstić information content (AvgIpc) is 2.46. The van der Waals surface area contributed by atoms with Gasteiger partial charge < -0.3 is 0 Å². The van der Waals surface area contributed by atoms with Crippen LogP contribution in [0.5, 0.6) is 0 Å². The fraction of sp³-hybridized carbons (Fsp3) is 0.143. The Balaban J connectivity index is 2.18. The van der Waals surface area contributed by atoms with Gasteiger partial charge in [0.2, 0.25) is 0 Å². The highest BCUT2D eigenvalue weighted by atomic mass is 35.5. The van der Waals surface area contributed by atoms with E-state index in [1.807, 2.05) is 6.92 Å². The van der Waals surface area contributed by atoms with E-state index in [1.54, 1.807) is 31.2 Å². The molecule has 0 aliphatic heterocycles. The number of hydrogen-bond donors (Lipinski definition) is 0. The number of rotatable bonds is 4. The number of nitrogens with zero attached hydrogens (tertiary/aromatic N) is 2. The molecule has 110 valence electrons. The minimum absolute atomic E-state index is 0.0497. The van der Waals surface area contributed by atoms with Crippen molar-refractivity contribution in [2.24, 2.45) is 5.16 Å². The first-order valence-corrected chi connectivity index (χ1v) is 7.84. The van der Waals surface area contributed by atoms with Crippen molar-refractivity contribution in [1.29, 1.82) is 0 Å². The molecule has 0 spiro atoms. The molecule has 0 saturated heterocycles. The number of pyridine rings is 1. The van der Waals surface area contributed by atoms with Crippen LogP contribution in [0, 0.1) is 6.92 Å². The zero-order valence-corrected chi connectivity index (χ0v) is 13.0. The van der Waals surface area contributed by atoms with E-state index in [0.717, 1.165) is 5.56 Å². The van der Waals surface area contributed by atoms with Gasteiger partial charge in [0.15, 0.2) is 0 Å². The third-order valence-corrected chi connectivity index (χ3v) is 4.02. The van der Waals surface area contributed by atoms with Gasteiger partial charge in [0.25, 0.3) is 0 Å². The molecule has 0 aliphatic rings. The second-order valence-corrected chi connectivity index (χ2v) is 6.35. The molecule has 0 atom stereocenters. The molecule has 5 nitrogen and oxygen atoms in total. The summed E-state index contributed by atoms with van der Waals surface area (Å²) in [6.45, 7) is 3.46. The summed E-state index contributed by atoms with van der Waals surface area (Å²) in [6.07, 6.45) is 1.45. The van der Waals surface area contributed by atoms with Gasteiger partial charge in [-0.05, 0) is 38.1 Å². The normalized spacial score (nSPS) is 12.2. The Labute approximate surface area is 128 Å². The van der Waals surface area contributed by atoms with E-state index in [2.05, 4.69) is 14.4 Å². The van der Waals surface area contributed by atoms with Crippen LogP contribution < -0.4 is 0 Å². The fourth-order valence-corrected chi connectivity index (χ4v) is 2.37. The maximum Gasteiger partial charge on any atom is 0.358 e. The fourth-order valence-electron chi connectivity index (χ4n) is 1.49. The summed E-state index contributed by atoms with van der Waals surface area (Å²) < 4.78 is 28.6. The molecule has 0 N–H and O–H groups in total. The monoisotopic (exact) mass is 324 g/mol. The highest BCUT2D eigenvalue weighted by Crippen LogP contribution is 2.14. The van der Waals surface area contributed by atoms with Crippen molar-refractivity contribution in [3.05, 3.63) is 58.9 Å². The van der Waals surface area contributed by atoms with Crippen LogP contribution in [0.15, 0.2) is 52.6 Å². The lowest BCUT2D eigenvalue weighted by atomic mass is 10.2. The minimum atomic E-state index is -3.93. The lowest BCUT2D eigenvalue weighted by molar-refractivity contribution is 0.338. The van der Waals surface area contributed by atoms with Gasteiger partial charge in [-0.25, -0.2) is 0 Å². The predicted octanol–water partition coefficient (Wildman–Crippen LogP) is 3.17. The molecule has 21 heavy (non-hydrogen) atoms. The largest absolute Gasteiger partial charge is 0.358 e. The average molecular weight is 325 g/mol. The van der Waals surface area contributed by atoms with Crippen molar-refractivity contribution >= 4 is 27.4 Å². The van der Waals surface area contributed by atoms with E-state index < -0.39 is 10.1 Å². The van der Waals surface area contributed by atoms with Crippen LogP contribution in [0.25, 0.3) is 0 Å². The Bertz CT molecular complexity index is 754. The Morgan fingerprint density at radius 3 is 2.43 bits per heavy atom. The first-order chi connectivity index (χ1) is 9.88. The number of hydrogen-bond acceptors (Lipinski definition) is 5. The molecule has 0 unspecified atom stereocenters. The molecule has 1 aromatic heterocycles. The topological polar surface area (TPSA) is 68.6 Å². The van der Waals surface area contributed by atoms with Crippen molar-refractivity contribution in [2.75, 3.05) is 0 Å². The van der Waals surface area contributed by atoms with Gasteiger partial charge in [-0.1, -0.05) is 34.5 Å². The van der Waals surface area contributed by atoms with Crippen molar-refractivity contribution in [1.82, 2.24) is 4.98 Å². The second kappa shape index (κ2) is 6.24. The Hall–Kier alpha value is -1.92. The second-order valence-electron chi connectivity index (χ2n) is 4.38. The standard InChI is InChI=1S/C14H13ClN2O3S/c1-10-3-6-13(7-4-10)21(18,19)20-17-11(2)14-8-5-12(15)9-16-14/h3-9H,1-2H3/b17-11+. The summed E-state index contributed by atoms with van der Waals surface area (Å²) >= 11 is 5.73. The van der Waals surface area contributed by atoms with Gasteiger partial charge in [0.1, 0.15) is 10.6 Å². The zero-order chi connectivity index (χ0) is 15.5. The van der Waals surface area contributed by atoms with Gasteiger partial charge in [0.05, 0.1) is 10.7 Å². The van der Waals surface area contributed by atoms with Crippen LogP contribution in [-0.2, 0) is 14.4 Å². The maximum absolute atomic E-state index is 12.0. The van der Waals surface area contributed by atoms with Crippen LogP contribution in [0.4, 0.5) is 0 Å². The van der Waals surface area contributed by atoms with Crippen molar-refractivity contribution in [2.45, 2.75) is 18.7 Å². The van der Waals surface area contributed by atoms with Gasteiger partial charge in [0, 0.05) is 6.20 Å². The van der Waals surface area contributed by atoms with Crippen LogP contribution >= 0.6 is 11.6 Å². The van der Waals surface area contributed by atoms with Crippen LogP contribution in [0.3, 0.4) is 0 Å². The molecule has 2 rings (SSSR count). The third kappa shape index (κ3) is 4.03. The summed E-state index contributed by atoms with van der Waals surface area (Å²) in [5.74, 6) is 0. The SMILES string of the molecule is C/C(=N\OS(=O)(=O)c1ccc(C)cc1)c1ccc(Cl)cn1. The molecule has 2 aromatic rings. The lowest BCUT2D eigenvalue weighted by Gasteiger charge is -2.03. The number of aromatic nitrogens is 1. The number of benzene rings is 1. The molecule has 0 amide bonds. The van der Waals surface area contributed by atoms with Gasteiger partial charge in [-0.3, -0.25) is 9.27 Å². The van der Waals surface area contributed by atoms with Crippen molar-refractivity contribution in [3.8, 4) is 0 Å². The molecule has 0 saturated carbocycles. The molecule has 0 radical (unpaired) electrons. The number of aryl methyl sites for hydroxylation is 1. The van der Waals surface area contributed by atoms with E-state index in [0.29, 0.717) is 16.4 Å². The van der Waals surface area contributed by atoms with Gasteiger partial charge >= 0.3 is 10.1 Å². The lowest BCUT2D eigenvalue weighted by Crippen LogP contribution is -2.06. The summed E-state index contributed by atoms with van der Waals surface area (Å²) in [4.78, 5) is 4.08. The highest BCUT2D eigenvalue weighted by molar-refractivity contribution is 7.86. The van der Waals surface area contributed by atoms with E-state index in [4.69, 9.17) is 11.6 Å². The molecular formula is C14H13ClN2O3S. The van der Waals surface area contributed by atoms with Crippen LogP contribution in [0.1, 0.15) is 18.2 Å². The smallest absolute Gasteiger partial charge is 0.264 e. The highest BCUT2D eigenvalue weighted by Gasteiger charge is 2.15. The molecule has 1 heterocycles. The van der Waals surface area contributed by atoms with Gasteiger partial charge in [-0.2, -0.15) is 8.42 Å². The Morgan fingerprint density at radius 1 is 1.19 bits per heavy atom. The van der Waals surface area contributed by atoms with Crippen molar-refractivity contribution in [3.63, 3.8) is 0 Å².